The number of aromatic nitrogens is 2. The number of benzene rings is 1. The maximum Gasteiger partial charge on any atom is 0.321 e. The van der Waals surface area contributed by atoms with Crippen LogP contribution in [0.2, 0.25) is 0 Å². The first-order valence-corrected chi connectivity index (χ1v) is 8.64. The molecule has 3 amide bonds. The number of rotatable bonds is 5. The normalized spacial score (nSPS) is 15.4. The van der Waals surface area contributed by atoms with Crippen LogP contribution >= 0.6 is 11.3 Å². The van der Waals surface area contributed by atoms with Crippen LogP contribution in [0, 0.1) is 6.92 Å². The summed E-state index contributed by atoms with van der Waals surface area (Å²) in [5, 5.41) is 14.6. The minimum absolute atomic E-state index is 0.137. The van der Waals surface area contributed by atoms with Crippen LogP contribution in [0.4, 0.5) is 9.93 Å². The van der Waals surface area contributed by atoms with E-state index in [4.69, 9.17) is 0 Å². The lowest BCUT2D eigenvalue weighted by molar-refractivity contribution is -0.128. The number of carbonyl (C=O) groups is 2. The molecule has 126 valence electrons. The van der Waals surface area contributed by atoms with E-state index in [0.29, 0.717) is 18.1 Å². The Kier molecular flexibility index (Phi) is 5.05. The molecule has 2 heterocycles. The van der Waals surface area contributed by atoms with Crippen molar-refractivity contribution in [3.8, 4) is 0 Å². The zero-order valence-corrected chi connectivity index (χ0v) is 14.2. The van der Waals surface area contributed by atoms with Gasteiger partial charge in [-0.1, -0.05) is 41.7 Å². The van der Waals surface area contributed by atoms with Gasteiger partial charge in [-0.25, -0.2) is 4.79 Å². The van der Waals surface area contributed by atoms with E-state index in [9.17, 15) is 9.59 Å². The molecule has 3 rings (SSSR count). The number of carbonyl (C=O) groups excluding carboxylic acids is 2. The van der Waals surface area contributed by atoms with Gasteiger partial charge in [0.2, 0.25) is 11.0 Å². The SMILES string of the molecule is Cc1nnc(NC(=O)NC(CN2CCCC2=O)c2ccccc2)s1. The summed E-state index contributed by atoms with van der Waals surface area (Å²) in [5.74, 6) is 0.137. The van der Waals surface area contributed by atoms with Crippen LogP contribution in [0.15, 0.2) is 30.3 Å². The molecule has 1 aromatic heterocycles. The zero-order chi connectivity index (χ0) is 16.9. The van der Waals surface area contributed by atoms with Gasteiger partial charge in [0.05, 0.1) is 6.04 Å². The maximum absolute atomic E-state index is 12.3. The van der Waals surface area contributed by atoms with Crippen molar-refractivity contribution in [2.45, 2.75) is 25.8 Å². The predicted octanol–water partition coefficient (Wildman–Crippen LogP) is 2.33. The molecule has 1 aromatic carbocycles. The van der Waals surface area contributed by atoms with Crippen molar-refractivity contribution in [3.63, 3.8) is 0 Å². The van der Waals surface area contributed by atoms with Gasteiger partial charge in [0.15, 0.2) is 0 Å². The van der Waals surface area contributed by atoms with E-state index < -0.39 is 0 Å². The Bertz CT molecular complexity index is 718. The summed E-state index contributed by atoms with van der Waals surface area (Å²) in [5.41, 5.74) is 0.959. The fourth-order valence-electron chi connectivity index (χ4n) is 2.68. The highest BCUT2D eigenvalue weighted by Gasteiger charge is 2.25. The number of aryl methyl sites for hydroxylation is 1. The van der Waals surface area contributed by atoms with Crippen molar-refractivity contribution >= 4 is 28.4 Å². The molecule has 0 aliphatic carbocycles. The van der Waals surface area contributed by atoms with E-state index in [2.05, 4.69) is 20.8 Å². The Hall–Kier alpha value is -2.48. The lowest BCUT2D eigenvalue weighted by atomic mass is 10.1. The monoisotopic (exact) mass is 345 g/mol. The second-order valence-electron chi connectivity index (χ2n) is 5.63. The third-order valence-electron chi connectivity index (χ3n) is 3.83. The minimum atomic E-state index is -0.355. The van der Waals surface area contributed by atoms with Gasteiger partial charge in [-0.15, -0.1) is 10.2 Å². The zero-order valence-electron chi connectivity index (χ0n) is 13.4. The lowest BCUT2D eigenvalue weighted by Gasteiger charge is -2.25. The van der Waals surface area contributed by atoms with Crippen LogP contribution in [0.3, 0.4) is 0 Å². The number of likely N-dealkylation sites (tertiary alicyclic amines) is 1. The molecule has 1 atom stereocenters. The Morgan fingerprint density at radius 3 is 2.75 bits per heavy atom. The highest BCUT2D eigenvalue weighted by molar-refractivity contribution is 7.15. The van der Waals surface area contributed by atoms with Gasteiger partial charge in [0, 0.05) is 19.5 Å². The average molecular weight is 345 g/mol. The van der Waals surface area contributed by atoms with Crippen LogP contribution in [0.5, 0.6) is 0 Å². The molecule has 1 fully saturated rings. The molecule has 1 aliphatic heterocycles. The number of urea groups is 1. The Labute approximate surface area is 144 Å². The van der Waals surface area contributed by atoms with E-state index in [-0.39, 0.29) is 18.0 Å². The first-order chi connectivity index (χ1) is 11.6. The fraction of sp³-hybridized carbons (Fsp3) is 0.375. The molecule has 0 bridgehead atoms. The van der Waals surface area contributed by atoms with Crippen molar-refractivity contribution in [2.24, 2.45) is 0 Å². The summed E-state index contributed by atoms with van der Waals surface area (Å²) in [7, 11) is 0. The molecule has 2 N–H and O–H groups in total. The molecular weight excluding hydrogens is 326 g/mol. The van der Waals surface area contributed by atoms with E-state index in [0.717, 1.165) is 23.5 Å². The largest absolute Gasteiger partial charge is 0.340 e. The Morgan fingerprint density at radius 1 is 1.33 bits per heavy atom. The molecule has 2 aromatic rings. The highest BCUT2D eigenvalue weighted by Crippen LogP contribution is 2.19. The third-order valence-corrected chi connectivity index (χ3v) is 4.58. The van der Waals surface area contributed by atoms with Gasteiger partial charge in [-0.2, -0.15) is 0 Å². The number of nitrogens with zero attached hydrogens (tertiary/aromatic N) is 3. The van der Waals surface area contributed by atoms with Crippen molar-refractivity contribution in [3.05, 3.63) is 40.9 Å². The minimum Gasteiger partial charge on any atom is -0.340 e. The standard InChI is InChI=1S/C16H19N5O2S/c1-11-19-20-16(24-11)18-15(23)17-13(12-6-3-2-4-7-12)10-21-9-5-8-14(21)22/h2-4,6-7,13H,5,8-10H2,1H3,(H2,17,18,20,23). The van der Waals surface area contributed by atoms with Crippen molar-refractivity contribution in [1.82, 2.24) is 20.4 Å². The molecule has 0 spiro atoms. The van der Waals surface area contributed by atoms with E-state index in [1.165, 1.54) is 11.3 Å². The van der Waals surface area contributed by atoms with Gasteiger partial charge in [-0.05, 0) is 18.9 Å². The quantitative estimate of drug-likeness (QED) is 0.871. The van der Waals surface area contributed by atoms with Crippen LogP contribution in [-0.4, -0.2) is 40.1 Å². The number of nitrogens with one attached hydrogen (secondary N) is 2. The van der Waals surface area contributed by atoms with Crippen LogP contribution < -0.4 is 10.6 Å². The van der Waals surface area contributed by atoms with Gasteiger partial charge in [0.25, 0.3) is 0 Å². The molecule has 1 saturated heterocycles. The average Bonchev–Trinajstić information content (AvgIpc) is 3.16. The van der Waals surface area contributed by atoms with Crippen LogP contribution in [0.1, 0.15) is 29.5 Å². The van der Waals surface area contributed by atoms with Gasteiger partial charge in [-0.3, -0.25) is 10.1 Å². The number of anilines is 1. The predicted molar refractivity (Wildman–Crippen MR) is 91.8 cm³/mol. The smallest absolute Gasteiger partial charge is 0.321 e. The summed E-state index contributed by atoms with van der Waals surface area (Å²) in [4.78, 5) is 26.0. The fourth-order valence-corrected chi connectivity index (χ4v) is 3.26. The van der Waals surface area contributed by atoms with E-state index in [1.807, 2.05) is 37.3 Å². The highest BCUT2D eigenvalue weighted by atomic mass is 32.1. The van der Waals surface area contributed by atoms with E-state index >= 15 is 0 Å². The van der Waals surface area contributed by atoms with Crippen molar-refractivity contribution < 1.29 is 9.59 Å². The van der Waals surface area contributed by atoms with Gasteiger partial charge >= 0.3 is 6.03 Å². The molecule has 1 aliphatic rings. The van der Waals surface area contributed by atoms with Crippen molar-refractivity contribution in [2.75, 3.05) is 18.4 Å². The summed E-state index contributed by atoms with van der Waals surface area (Å²) < 4.78 is 0. The second kappa shape index (κ2) is 7.39. The summed E-state index contributed by atoms with van der Waals surface area (Å²) >= 11 is 1.31. The van der Waals surface area contributed by atoms with Crippen LogP contribution in [-0.2, 0) is 4.79 Å². The number of hydrogen-bond acceptors (Lipinski definition) is 5. The number of amides is 3. The summed E-state index contributed by atoms with van der Waals surface area (Å²) in [6.07, 6.45) is 1.45. The summed E-state index contributed by atoms with van der Waals surface area (Å²) in [6, 6.07) is 9.02. The number of hydrogen-bond donors (Lipinski definition) is 2. The second-order valence-corrected chi connectivity index (χ2v) is 6.81. The molecule has 7 nitrogen and oxygen atoms in total. The van der Waals surface area contributed by atoms with Crippen LogP contribution in [0.25, 0.3) is 0 Å². The Morgan fingerprint density at radius 2 is 2.12 bits per heavy atom. The molecule has 0 saturated carbocycles. The van der Waals surface area contributed by atoms with E-state index in [1.54, 1.807) is 4.90 Å². The Balaban J connectivity index is 1.69. The summed E-state index contributed by atoms with van der Waals surface area (Å²) in [6.45, 7) is 3.03. The first-order valence-electron chi connectivity index (χ1n) is 7.82. The molecule has 24 heavy (non-hydrogen) atoms. The van der Waals surface area contributed by atoms with Gasteiger partial charge < -0.3 is 10.2 Å². The van der Waals surface area contributed by atoms with Gasteiger partial charge in [0.1, 0.15) is 5.01 Å². The maximum atomic E-state index is 12.3. The molecule has 1 unspecified atom stereocenters. The molecular formula is C16H19N5O2S. The topological polar surface area (TPSA) is 87.2 Å². The molecule has 0 radical (unpaired) electrons. The first kappa shape index (κ1) is 16.4. The molecule has 8 heteroatoms. The van der Waals surface area contributed by atoms with Crippen molar-refractivity contribution in [1.29, 1.82) is 0 Å². The lowest BCUT2D eigenvalue weighted by Crippen LogP contribution is -2.40. The third kappa shape index (κ3) is 4.08.